The molecule has 1 aromatic rings. The van der Waals surface area contributed by atoms with Crippen LogP contribution in [0.3, 0.4) is 0 Å². The molecule has 1 spiro atoms. The molecule has 118 valence electrons. The van der Waals surface area contributed by atoms with E-state index < -0.39 is 5.60 Å². The Morgan fingerprint density at radius 2 is 2.00 bits per heavy atom. The summed E-state index contributed by atoms with van der Waals surface area (Å²) >= 11 is 0. The van der Waals surface area contributed by atoms with Crippen molar-refractivity contribution in [2.45, 2.75) is 44.6 Å². The monoisotopic (exact) mass is 304 g/mol. The average Bonchev–Trinajstić information content (AvgIpc) is 2.76. The highest BCUT2D eigenvalue weighted by atomic mass is 19.1. The summed E-state index contributed by atoms with van der Waals surface area (Å²) < 4.78 is 19.0. The Bertz CT molecular complexity index is 626. The number of ether oxygens (including phenoxy) is 1. The maximum Gasteiger partial charge on any atom is 0.410 e. The van der Waals surface area contributed by atoms with Gasteiger partial charge in [-0.1, -0.05) is 0 Å². The second kappa shape index (κ2) is 5.07. The van der Waals surface area contributed by atoms with E-state index in [-0.39, 0.29) is 17.3 Å². The van der Waals surface area contributed by atoms with Gasteiger partial charge in [-0.15, -0.1) is 0 Å². The zero-order valence-electron chi connectivity index (χ0n) is 13.2. The minimum atomic E-state index is -0.489. The van der Waals surface area contributed by atoms with Gasteiger partial charge in [-0.3, -0.25) is 4.99 Å². The summed E-state index contributed by atoms with van der Waals surface area (Å²) in [6.07, 6.45) is 3.12. The van der Waals surface area contributed by atoms with Gasteiger partial charge in [0.15, 0.2) is 0 Å². The maximum atomic E-state index is 13.6. The van der Waals surface area contributed by atoms with Crippen LogP contribution in [0.25, 0.3) is 0 Å². The lowest BCUT2D eigenvalue weighted by Gasteiger charge is -2.38. The van der Waals surface area contributed by atoms with E-state index in [1.807, 2.05) is 27.0 Å². The summed E-state index contributed by atoms with van der Waals surface area (Å²) in [5.74, 6) is -0.238. The first kappa shape index (κ1) is 15.0. The lowest BCUT2D eigenvalue weighted by Crippen LogP contribution is -2.46. The fraction of sp³-hybridized carbons (Fsp3) is 0.529. The molecule has 22 heavy (non-hydrogen) atoms. The largest absolute Gasteiger partial charge is 0.444 e. The lowest BCUT2D eigenvalue weighted by molar-refractivity contribution is 0.0191. The smallest absolute Gasteiger partial charge is 0.410 e. The minimum Gasteiger partial charge on any atom is -0.444 e. The van der Waals surface area contributed by atoms with Gasteiger partial charge in [-0.2, -0.15) is 0 Å². The van der Waals surface area contributed by atoms with E-state index in [2.05, 4.69) is 4.99 Å². The van der Waals surface area contributed by atoms with Gasteiger partial charge in [-0.05, 0) is 57.4 Å². The molecule has 1 aromatic carbocycles. The molecule has 5 heteroatoms. The van der Waals surface area contributed by atoms with Gasteiger partial charge < -0.3 is 9.64 Å². The fourth-order valence-electron chi connectivity index (χ4n) is 3.10. The van der Waals surface area contributed by atoms with E-state index in [1.165, 1.54) is 6.07 Å². The molecule has 4 nitrogen and oxygen atoms in total. The van der Waals surface area contributed by atoms with Crippen LogP contribution in [0.2, 0.25) is 0 Å². The Morgan fingerprint density at radius 1 is 1.32 bits per heavy atom. The zero-order valence-corrected chi connectivity index (χ0v) is 13.2. The molecule has 0 saturated carbocycles. The number of piperidine rings is 1. The molecular formula is C17H21FN2O2. The molecule has 2 heterocycles. The van der Waals surface area contributed by atoms with Gasteiger partial charge in [0.1, 0.15) is 11.4 Å². The Labute approximate surface area is 130 Å². The molecule has 1 fully saturated rings. The van der Waals surface area contributed by atoms with E-state index >= 15 is 0 Å². The van der Waals surface area contributed by atoms with E-state index in [1.54, 1.807) is 17.0 Å². The van der Waals surface area contributed by atoms with Crippen molar-refractivity contribution in [1.29, 1.82) is 0 Å². The van der Waals surface area contributed by atoms with Gasteiger partial charge in [0, 0.05) is 24.7 Å². The molecule has 3 rings (SSSR count). The lowest BCUT2D eigenvalue weighted by atomic mass is 9.74. The van der Waals surface area contributed by atoms with Gasteiger partial charge in [0.25, 0.3) is 0 Å². The first-order chi connectivity index (χ1) is 10.3. The standard InChI is InChI=1S/C17H21FN2O2/c1-16(2,3)22-15(21)20-8-6-17(7-9-20)11-19-14-5-4-12(18)10-13(14)17/h4-5,10-11H,6-9H2,1-3H3. The zero-order chi connectivity index (χ0) is 16.0. The van der Waals surface area contributed by atoms with Gasteiger partial charge >= 0.3 is 6.09 Å². The second-order valence-electron chi connectivity index (χ2n) is 7.04. The SMILES string of the molecule is CC(C)(C)OC(=O)N1CCC2(C=Nc3ccc(F)cc32)CC1. The summed E-state index contributed by atoms with van der Waals surface area (Å²) in [4.78, 5) is 18.3. The number of hydrogen-bond acceptors (Lipinski definition) is 3. The third-order valence-electron chi connectivity index (χ3n) is 4.25. The summed E-state index contributed by atoms with van der Waals surface area (Å²) in [6.45, 7) is 6.77. The summed E-state index contributed by atoms with van der Waals surface area (Å²) in [7, 11) is 0. The number of aliphatic imine (C=N–C) groups is 1. The third-order valence-corrected chi connectivity index (χ3v) is 4.25. The molecule has 2 aliphatic rings. The van der Waals surface area contributed by atoms with E-state index in [0.717, 1.165) is 24.1 Å². The van der Waals surface area contributed by atoms with Gasteiger partial charge in [0.2, 0.25) is 0 Å². The number of halogens is 1. The van der Waals surface area contributed by atoms with Crippen molar-refractivity contribution < 1.29 is 13.9 Å². The molecule has 0 aromatic heterocycles. The number of carbonyl (C=O) groups excluding carboxylic acids is 1. The van der Waals surface area contributed by atoms with Crippen LogP contribution in [0.15, 0.2) is 23.2 Å². The number of carbonyl (C=O) groups is 1. The van der Waals surface area contributed by atoms with Crippen LogP contribution in [-0.4, -0.2) is 35.9 Å². The molecule has 0 radical (unpaired) electrons. The second-order valence-corrected chi connectivity index (χ2v) is 7.04. The molecule has 0 unspecified atom stereocenters. The minimum absolute atomic E-state index is 0.238. The predicted molar refractivity (Wildman–Crippen MR) is 83.3 cm³/mol. The van der Waals surface area contributed by atoms with Crippen LogP contribution < -0.4 is 0 Å². The van der Waals surface area contributed by atoms with Crippen LogP contribution in [0.4, 0.5) is 14.9 Å². The van der Waals surface area contributed by atoms with Crippen molar-refractivity contribution in [3.05, 3.63) is 29.6 Å². The average molecular weight is 304 g/mol. The summed E-state index contributed by atoms with van der Waals surface area (Å²) in [6, 6.07) is 4.73. The van der Waals surface area contributed by atoms with E-state index in [4.69, 9.17) is 4.74 Å². The Kier molecular flexibility index (Phi) is 3.46. The first-order valence-corrected chi connectivity index (χ1v) is 7.62. The van der Waals surface area contributed by atoms with Gasteiger partial charge in [0.05, 0.1) is 5.69 Å². The van der Waals surface area contributed by atoms with Gasteiger partial charge in [-0.25, -0.2) is 9.18 Å². The predicted octanol–water partition coefficient (Wildman–Crippen LogP) is 3.81. The van der Waals surface area contributed by atoms with Crippen LogP contribution in [-0.2, 0) is 10.2 Å². The number of rotatable bonds is 0. The molecular weight excluding hydrogens is 283 g/mol. The number of likely N-dealkylation sites (tertiary alicyclic amines) is 1. The highest BCUT2D eigenvalue weighted by molar-refractivity contribution is 5.85. The molecule has 0 aliphatic carbocycles. The maximum absolute atomic E-state index is 13.6. The molecule has 0 atom stereocenters. The topological polar surface area (TPSA) is 41.9 Å². The van der Waals surface area contributed by atoms with Crippen molar-refractivity contribution in [3.63, 3.8) is 0 Å². The Balaban J connectivity index is 1.72. The van der Waals surface area contributed by atoms with Crippen LogP contribution >= 0.6 is 0 Å². The molecule has 1 saturated heterocycles. The quantitative estimate of drug-likeness (QED) is 0.731. The van der Waals surface area contributed by atoms with Crippen molar-refractivity contribution in [2.24, 2.45) is 4.99 Å². The summed E-state index contributed by atoms with van der Waals surface area (Å²) in [5.41, 5.74) is 1.05. The molecule has 0 N–H and O–H groups in total. The number of benzene rings is 1. The number of nitrogens with zero attached hydrogens (tertiary/aromatic N) is 2. The molecule has 0 bridgehead atoms. The van der Waals surface area contributed by atoms with E-state index in [9.17, 15) is 9.18 Å². The fourth-order valence-corrected chi connectivity index (χ4v) is 3.10. The van der Waals surface area contributed by atoms with Crippen LogP contribution in [0.5, 0.6) is 0 Å². The summed E-state index contributed by atoms with van der Waals surface area (Å²) in [5, 5.41) is 0. The van der Waals surface area contributed by atoms with E-state index in [0.29, 0.717) is 13.1 Å². The Hall–Kier alpha value is -1.91. The number of fused-ring (bicyclic) bond motifs is 2. The first-order valence-electron chi connectivity index (χ1n) is 7.62. The Morgan fingerprint density at radius 3 is 2.64 bits per heavy atom. The highest BCUT2D eigenvalue weighted by Crippen LogP contribution is 2.43. The van der Waals surface area contributed by atoms with Crippen molar-refractivity contribution in [1.82, 2.24) is 4.90 Å². The van der Waals surface area contributed by atoms with Crippen molar-refractivity contribution >= 4 is 18.0 Å². The van der Waals surface area contributed by atoms with Crippen LogP contribution in [0, 0.1) is 5.82 Å². The van der Waals surface area contributed by atoms with Crippen molar-refractivity contribution in [2.75, 3.05) is 13.1 Å². The van der Waals surface area contributed by atoms with Crippen molar-refractivity contribution in [3.8, 4) is 0 Å². The number of amides is 1. The highest BCUT2D eigenvalue weighted by Gasteiger charge is 2.41. The normalized spacial score (nSPS) is 19.4. The van der Waals surface area contributed by atoms with Crippen LogP contribution in [0.1, 0.15) is 39.2 Å². The third kappa shape index (κ3) is 2.72. The molecule has 2 aliphatic heterocycles. The molecule has 1 amide bonds. The number of hydrogen-bond donors (Lipinski definition) is 0.